The van der Waals surface area contributed by atoms with E-state index in [2.05, 4.69) is 110 Å². The molecule has 0 aliphatic carbocycles. The highest BCUT2D eigenvalue weighted by molar-refractivity contribution is 6.84. The Morgan fingerprint density at radius 1 is 0.667 bits per heavy atom. The second kappa shape index (κ2) is 6.89. The van der Waals surface area contributed by atoms with E-state index in [1.165, 1.54) is 5.56 Å². The molecule has 0 saturated heterocycles. The predicted octanol–water partition coefficient (Wildman–Crippen LogP) is 5.24. The molecule has 0 unspecified atom stereocenters. The Labute approximate surface area is 149 Å². The largest absolute Gasteiger partial charge is 0.296 e. The molecule has 0 fully saturated rings. The van der Waals surface area contributed by atoms with E-state index in [0.717, 1.165) is 17.1 Å². The van der Waals surface area contributed by atoms with Gasteiger partial charge in [0.2, 0.25) is 0 Å². The van der Waals surface area contributed by atoms with Crippen LogP contribution in [0.25, 0.3) is 5.69 Å². The molecule has 24 heavy (non-hydrogen) atoms. The number of hydrogen-bond donors (Lipinski definition) is 0. The average Bonchev–Trinajstić information content (AvgIpc) is 2.85. The fraction of sp³-hybridized carbons (Fsp3) is 0.333. The predicted molar refractivity (Wildman–Crippen MR) is 111 cm³/mol. The average molecular weight is 350 g/mol. The summed E-state index contributed by atoms with van der Waals surface area (Å²) in [6, 6.07) is 12.8. The van der Waals surface area contributed by atoms with Crippen molar-refractivity contribution in [2.45, 2.75) is 46.2 Å². The lowest BCUT2D eigenvalue weighted by molar-refractivity contribution is 1.04. The summed E-state index contributed by atoms with van der Waals surface area (Å²) in [7, 11) is -2.83. The Hall–Kier alpha value is -1.95. The standard InChI is InChI=1S/C21H27NSi2/c1-18-8-10-19(11-9-18)22-20(14-16-23(2,3)4)12-13-21(22)15-17-24(5,6)7/h8-13H,1-7H3. The summed E-state index contributed by atoms with van der Waals surface area (Å²) in [5.41, 5.74) is 11.4. The lowest BCUT2D eigenvalue weighted by Crippen LogP contribution is -2.17. The number of aryl methyl sites for hydroxylation is 1. The topological polar surface area (TPSA) is 4.93 Å². The van der Waals surface area contributed by atoms with Crippen molar-refractivity contribution in [2.75, 3.05) is 0 Å². The third-order valence-electron chi connectivity index (χ3n) is 3.30. The van der Waals surface area contributed by atoms with Gasteiger partial charge in [-0.05, 0) is 31.2 Å². The fourth-order valence-electron chi connectivity index (χ4n) is 2.11. The number of rotatable bonds is 1. The van der Waals surface area contributed by atoms with Crippen LogP contribution in [-0.2, 0) is 0 Å². The quantitative estimate of drug-likeness (QED) is 0.490. The van der Waals surface area contributed by atoms with Crippen molar-refractivity contribution in [2.24, 2.45) is 0 Å². The molecule has 3 heteroatoms. The van der Waals surface area contributed by atoms with E-state index in [9.17, 15) is 0 Å². The molecule has 0 aliphatic heterocycles. The zero-order chi connectivity index (χ0) is 18.0. The first-order valence-electron chi connectivity index (χ1n) is 8.40. The van der Waals surface area contributed by atoms with Crippen molar-refractivity contribution in [1.29, 1.82) is 0 Å². The van der Waals surface area contributed by atoms with Gasteiger partial charge < -0.3 is 0 Å². The Morgan fingerprint density at radius 2 is 1.08 bits per heavy atom. The highest BCUT2D eigenvalue weighted by Crippen LogP contribution is 2.18. The molecule has 2 aromatic rings. The molecule has 0 bridgehead atoms. The molecule has 0 spiro atoms. The van der Waals surface area contributed by atoms with Crippen molar-refractivity contribution in [1.82, 2.24) is 4.57 Å². The lowest BCUT2D eigenvalue weighted by atomic mass is 10.2. The number of hydrogen-bond acceptors (Lipinski definition) is 0. The van der Waals surface area contributed by atoms with Crippen LogP contribution in [-0.4, -0.2) is 20.7 Å². The third kappa shape index (κ3) is 5.30. The molecule has 1 heterocycles. The van der Waals surface area contributed by atoms with E-state index in [-0.39, 0.29) is 0 Å². The molecule has 0 N–H and O–H groups in total. The monoisotopic (exact) mass is 349 g/mol. The summed E-state index contributed by atoms with van der Waals surface area (Å²) < 4.78 is 2.19. The highest BCUT2D eigenvalue weighted by Gasteiger charge is 2.12. The molecule has 1 aromatic heterocycles. The zero-order valence-electron chi connectivity index (χ0n) is 15.9. The van der Waals surface area contributed by atoms with Crippen LogP contribution >= 0.6 is 0 Å². The van der Waals surface area contributed by atoms with E-state index in [1.807, 2.05) is 0 Å². The molecule has 2 rings (SSSR count). The van der Waals surface area contributed by atoms with Gasteiger partial charge in [0.25, 0.3) is 0 Å². The van der Waals surface area contributed by atoms with Gasteiger partial charge in [0.05, 0.1) is 11.4 Å². The summed E-state index contributed by atoms with van der Waals surface area (Å²) in [6.45, 7) is 15.7. The normalized spacial score (nSPS) is 11.3. The Bertz CT molecular complexity index is 787. The van der Waals surface area contributed by atoms with Crippen molar-refractivity contribution >= 4 is 16.1 Å². The summed E-state index contributed by atoms with van der Waals surface area (Å²) in [5.74, 6) is 6.80. The van der Waals surface area contributed by atoms with Gasteiger partial charge in [0.1, 0.15) is 16.1 Å². The van der Waals surface area contributed by atoms with E-state index < -0.39 is 16.1 Å². The lowest BCUT2D eigenvalue weighted by Gasteiger charge is -2.10. The highest BCUT2D eigenvalue weighted by atomic mass is 28.3. The molecule has 0 atom stereocenters. The molecule has 0 amide bonds. The fourth-order valence-corrected chi connectivity index (χ4v) is 3.11. The first-order chi connectivity index (χ1) is 11.1. The minimum Gasteiger partial charge on any atom is -0.296 e. The SMILES string of the molecule is Cc1ccc(-n2c(C#C[Si](C)(C)C)ccc2C#C[Si](C)(C)C)cc1. The second-order valence-electron chi connectivity index (χ2n) is 8.27. The molecule has 1 nitrogen and oxygen atoms in total. The molecule has 0 saturated carbocycles. The van der Waals surface area contributed by atoms with Crippen LogP contribution in [0.2, 0.25) is 39.3 Å². The summed E-state index contributed by atoms with van der Waals surface area (Å²) >= 11 is 0. The number of benzene rings is 1. The first kappa shape index (κ1) is 18.4. The third-order valence-corrected chi connectivity index (χ3v) is 5.05. The maximum Gasteiger partial charge on any atom is 0.129 e. The minimum absolute atomic E-state index is 1.03. The van der Waals surface area contributed by atoms with Gasteiger partial charge in [-0.25, -0.2) is 0 Å². The van der Waals surface area contributed by atoms with Gasteiger partial charge in [-0.15, -0.1) is 11.1 Å². The van der Waals surface area contributed by atoms with Crippen LogP contribution in [0.4, 0.5) is 0 Å². The van der Waals surface area contributed by atoms with Gasteiger partial charge in [0, 0.05) is 5.69 Å². The van der Waals surface area contributed by atoms with Crippen LogP contribution in [0.1, 0.15) is 17.0 Å². The van der Waals surface area contributed by atoms with Crippen molar-refractivity contribution in [3.63, 3.8) is 0 Å². The minimum atomic E-state index is -1.42. The molecule has 0 radical (unpaired) electrons. The van der Waals surface area contributed by atoms with Gasteiger partial charge in [0.15, 0.2) is 0 Å². The maximum absolute atomic E-state index is 3.47. The maximum atomic E-state index is 3.47. The number of nitrogens with zero attached hydrogens (tertiary/aromatic N) is 1. The van der Waals surface area contributed by atoms with E-state index in [0.29, 0.717) is 0 Å². The molecule has 124 valence electrons. The van der Waals surface area contributed by atoms with E-state index >= 15 is 0 Å². The van der Waals surface area contributed by atoms with Crippen LogP contribution in [0.3, 0.4) is 0 Å². The number of aromatic nitrogens is 1. The van der Waals surface area contributed by atoms with Crippen LogP contribution in [0, 0.1) is 29.9 Å². The second-order valence-corrected chi connectivity index (χ2v) is 17.8. The van der Waals surface area contributed by atoms with Crippen molar-refractivity contribution in [3.8, 4) is 28.6 Å². The zero-order valence-corrected chi connectivity index (χ0v) is 17.9. The van der Waals surface area contributed by atoms with Gasteiger partial charge in [-0.2, -0.15) is 0 Å². The van der Waals surface area contributed by atoms with Crippen LogP contribution < -0.4 is 0 Å². The Kier molecular flexibility index (Phi) is 5.28. The van der Waals surface area contributed by atoms with Crippen LogP contribution in [0.15, 0.2) is 36.4 Å². The van der Waals surface area contributed by atoms with E-state index in [1.54, 1.807) is 0 Å². The van der Waals surface area contributed by atoms with Crippen molar-refractivity contribution < 1.29 is 0 Å². The molecular weight excluding hydrogens is 322 g/mol. The summed E-state index contributed by atoms with van der Waals surface area (Å²) in [6.07, 6.45) is 0. The molecule has 1 aromatic carbocycles. The first-order valence-corrected chi connectivity index (χ1v) is 15.4. The van der Waals surface area contributed by atoms with Gasteiger partial charge >= 0.3 is 0 Å². The summed E-state index contributed by atoms with van der Waals surface area (Å²) in [5, 5.41) is 0. The molecule has 0 aliphatic rings. The van der Waals surface area contributed by atoms with Crippen LogP contribution in [0.5, 0.6) is 0 Å². The van der Waals surface area contributed by atoms with Gasteiger partial charge in [-0.3, -0.25) is 4.57 Å². The Morgan fingerprint density at radius 3 is 1.46 bits per heavy atom. The summed E-state index contributed by atoms with van der Waals surface area (Å²) in [4.78, 5) is 0. The smallest absolute Gasteiger partial charge is 0.129 e. The Balaban J connectivity index is 2.60. The molecular formula is C21H27NSi2. The van der Waals surface area contributed by atoms with Crippen molar-refractivity contribution in [3.05, 3.63) is 53.3 Å². The van der Waals surface area contributed by atoms with Gasteiger partial charge in [-0.1, -0.05) is 68.8 Å². The van der Waals surface area contributed by atoms with E-state index in [4.69, 9.17) is 0 Å².